The molecule has 0 atom stereocenters. The Kier molecular flexibility index (Phi) is 6.27. The number of benzene rings is 3. The summed E-state index contributed by atoms with van der Waals surface area (Å²) in [5.74, 6) is -1.93. The lowest BCUT2D eigenvalue weighted by molar-refractivity contribution is -0.163. The molecule has 1 N–H and O–H groups in total. The maximum atomic E-state index is 15.7. The maximum absolute atomic E-state index is 15.7. The highest BCUT2D eigenvalue weighted by Crippen LogP contribution is 2.45. The molecule has 158 valence electrons. The Bertz CT molecular complexity index is 905. The molecule has 0 spiro atoms. The summed E-state index contributed by atoms with van der Waals surface area (Å²) in [6.45, 7) is 0. The summed E-state index contributed by atoms with van der Waals surface area (Å²) in [5.41, 5.74) is -2.06. The average Bonchev–Trinajstić information content (AvgIpc) is 2.78. The minimum Gasteiger partial charge on any atom is -0.497 e. The molecule has 3 aromatic carbocycles. The van der Waals surface area contributed by atoms with Crippen LogP contribution in [0.4, 0.5) is 8.78 Å². The van der Waals surface area contributed by atoms with Gasteiger partial charge >= 0.3 is 0 Å². The number of ether oxygens (including phenoxy) is 3. The van der Waals surface area contributed by atoms with Crippen molar-refractivity contribution in [3.8, 4) is 17.2 Å². The zero-order chi connectivity index (χ0) is 21.8. The van der Waals surface area contributed by atoms with Gasteiger partial charge in [-0.15, -0.1) is 0 Å². The lowest BCUT2D eigenvalue weighted by Crippen LogP contribution is -2.47. The molecule has 0 aliphatic rings. The van der Waals surface area contributed by atoms with E-state index in [2.05, 4.69) is 0 Å². The highest BCUT2D eigenvalue weighted by Gasteiger charge is 2.54. The van der Waals surface area contributed by atoms with Crippen molar-refractivity contribution < 1.29 is 28.1 Å². The van der Waals surface area contributed by atoms with Crippen LogP contribution < -0.4 is 14.2 Å². The van der Waals surface area contributed by atoms with Gasteiger partial charge in [0.2, 0.25) is 0 Å². The molecule has 30 heavy (non-hydrogen) atoms. The van der Waals surface area contributed by atoms with Crippen molar-refractivity contribution in [2.45, 2.75) is 17.9 Å². The topological polar surface area (TPSA) is 47.9 Å². The fourth-order valence-corrected chi connectivity index (χ4v) is 3.38. The van der Waals surface area contributed by atoms with Crippen LogP contribution in [0.5, 0.6) is 17.2 Å². The molecule has 0 radical (unpaired) electrons. The minimum atomic E-state index is -3.52. The standard InChI is InChI=1S/C24H24F2O4/c1-28-20-10-4-17(5-11-20)16-23(25,26)24(27,18-6-12-21(29-2)13-7-18)19-8-14-22(30-3)15-9-19/h4-15,27H,16H2,1-3H3. The number of hydrogen-bond acceptors (Lipinski definition) is 4. The zero-order valence-electron chi connectivity index (χ0n) is 17.1. The van der Waals surface area contributed by atoms with Gasteiger partial charge in [-0.05, 0) is 53.1 Å². The summed E-state index contributed by atoms with van der Waals surface area (Å²) in [4.78, 5) is 0. The molecule has 0 aromatic heterocycles. The molecule has 0 bridgehead atoms. The molecule has 6 heteroatoms. The summed E-state index contributed by atoms with van der Waals surface area (Å²) in [6, 6.07) is 18.4. The fraction of sp³-hybridized carbons (Fsp3) is 0.250. The van der Waals surface area contributed by atoms with E-state index in [-0.39, 0.29) is 11.1 Å². The third kappa shape index (κ3) is 4.09. The predicted molar refractivity (Wildman–Crippen MR) is 111 cm³/mol. The summed E-state index contributed by atoms with van der Waals surface area (Å²) in [6.07, 6.45) is -0.661. The van der Waals surface area contributed by atoms with Gasteiger partial charge in [0.05, 0.1) is 21.3 Å². The molecule has 0 saturated heterocycles. The third-order valence-corrected chi connectivity index (χ3v) is 5.13. The normalized spacial score (nSPS) is 11.8. The van der Waals surface area contributed by atoms with Crippen LogP contribution in [0.1, 0.15) is 16.7 Å². The van der Waals surface area contributed by atoms with Crippen molar-refractivity contribution in [2.75, 3.05) is 21.3 Å². The van der Waals surface area contributed by atoms with Crippen LogP contribution in [0.3, 0.4) is 0 Å². The van der Waals surface area contributed by atoms with E-state index in [1.54, 1.807) is 48.5 Å². The van der Waals surface area contributed by atoms with Gasteiger partial charge in [0.1, 0.15) is 17.2 Å². The average molecular weight is 414 g/mol. The van der Waals surface area contributed by atoms with Gasteiger partial charge < -0.3 is 19.3 Å². The van der Waals surface area contributed by atoms with Crippen molar-refractivity contribution in [3.05, 3.63) is 89.5 Å². The molecule has 0 saturated carbocycles. The monoisotopic (exact) mass is 414 g/mol. The van der Waals surface area contributed by atoms with E-state index in [1.807, 2.05) is 0 Å². The molecule has 0 amide bonds. The van der Waals surface area contributed by atoms with Crippen molar-refractivity contribution in [1.29, 1.82) is 0 Å². The third-order valence-electron chi connectivity index (χ3n) is 5.13. The van der Waals surface area contributed by atoms with E-state index >= 15 is 8.78 Å². The molecule has 0 aliphatic carbocycles. The summed E-state index contributed by atoms with van der Waals surface area (Å²) in [7, 11) is 4.49. The summed E-state index contributed by atoms with van der Waals surface area (Å²) < 4.78 is 46.8. The lowest BCUT2D eigenvalue weighted by Gasteiger charge is -2.37. The second kappa shape index (κ2) is 8.71. The minimum absolute atomic E-state index is 0.0620. The molecule has 3 aromatic rings. The molecular weight excluding hydrogens is 390 g/mol. The van der Waals surface area contributed by atoms with Gasteiger partial charge in [0.25, 0.3) is 5.92 Å². The van der Waals surface area contributed by atoms with Gasteiger partial charge in [-0.2, -0.15) is 0 Å². The molecule has 0 fully saturated rings. The molecular formula is C24H24F2O4. The first kappa shape index (κ1) is 21.6. The lowest BCUT2D eigenvalue weighted by atomic mass is 9.78. The number of rotatable bonds is 8. The fourth-order valence-electron chi connectivity index (χ4n) is 3.38. The Morgan fingerprint density at radius 2 is 0.967 bits per heavy atom. The van der Waals surface area contributed by atoms with Gasteiger partial charge in [-0.25, -0.2) is 8.78 Å². The maximum Gasteiger partial charge on any atom is 0.288 e. The first-order valence-corrected chi connectivity index (χ1v) is 9.36. The summed E-state index contributed by atoms with van der Waals surface area (Å²) in [5, 5.41) is 11.5. The quantitative estimate of drug-likeness (QED) is 0.574. The van der Waals surface area contributed by atoms with Crippen molar-refractivity contribution >= 4 is 0 Å². The molecule has 0 aliphatic heterocycles. The second-order valence-corrected chi connectivity index (χ2v) is 6.90. The highest BCUT2D eigenvalue weighted by molar-refractivity contribution is 5.44. The zero-order valence-corrected chi connectivity index (χ0v) is 17.1. The van der Waals surface area contributed by atoms with Gasteiger partial charge in [0.15, 0.2) is 5.60 Å². The van der Waals surface area contributed by atoms with Crippen molar-refractivity contribution in [3.63, 3.8) is 0 Å². The Morgan fingerprint density at radius 1 is 0.633 bits per heavy atom. The Balaban J connectivity index is 2.07. The number of halogens is 2. The molecule has 3 rings (SSSR count). The van der Waals surface area contributed by atoms with Gasteiger partial charge in [0, 0.05) is 6.42 Å². The van der Waals surface area contributed by atoms with Crippen LogP contribution in [0.2, 0.25) is 0 Å². The molecule has 4 nitrogen and oxygen atoms in total. The molecule has 0 heterocycles. The number of hydrogen-bond donors (Lipinski definition) is 1. The Morgan fingerprint density at radius 3 is 1.30 bits per heavy atom. The second-order valence-electron chi connectivity index (χ2n) is 6.90. The summed E-state index contributed by atoms with van der Waals surface area (Å²) >= 11 is 0. The van der Waals surface area contributed by atoms with Crippen LogP contribution >= 0.6 is 0 Å². The van der Waals surface area contributed by atoms with E-state index < -0.39 is 17.9 Å². The van der Waals surface area contributed by atoms with Crippen molar-refractivity contribution in [2.24, 2.45) is 0 Å². The van der Waals surface area contributed by atoms with Crippen LogP contribution in [0.25, 0.3) is 0 Å². The number of alkyl halides is 2. The van der Waals surface area contributed by atoms with E-state index in [1.165, 1.54) is 45.6 Å². The van der Waals surface area contributed by atoms with Gasteiger partial charge in [-0.3, -0.25) is 0 Å². The van der Waals surface area contributed by atoms with Crippen LogP contribution in [-0.4, -0.2) is 32.4 Å². The highest BCUT2D eigenvalue weighted by atomic mass is 19.3. The Hall–Kier alpha value is -3.12. The van der Waals surface area contributed by atoms with Crippen LogP contribution in [0.15, 0.2) is 72.8 Å². The largest absolute Gasteiger partial charge is 0.497 e. The smallest absolute Gasteiger partial charge is 0.288 e. The first-order chi connectivity index (χ1) is 14.3. The van der Waals surface area contributed by atoms with E-state index in [9.17, 15) is 5.11 Å². The van der Waals surface area contributed by atoms with Crippen LogP contribution in [0, 0.1) is 0 Å². The van der Waals surface area contributed by atoms with Crippen molar-refractivity contribution in [1.82, 2.24) is 0 Å². The van der Waals surface area contributed by atoms with Crippen LogP contribution in [-0.2, 0) is 12.0 Å². The number of methoxy groups -OCH3 is 3. The Labute approximate surface area is 174 Å². The van der Waals surface area contributed by atoms with E-state index in [4.69, 9.17) is 14.2 Å². The van der Waals surface area contributed by atoms with E-state index in [0.717, 1.165) is 0 Å². The molecule has 0 unspecified atom stereocenters. The number of aliphatic hydroxyl groups is 1. The SMILES string of the molecule is COc1ccc(CC(F)(F)C(O)(c2ccc(OC)cc2)c2ccc(OC)cc2)cc1. The predicted octanol–water partition coefficient (Wildman–Crippen LogP) is 4.83. The van der Waals surface area contributed by atoms with E-state index in [0.29, 0.717) is 22.8 Å². The first-order valence-electron chi connectivity index (χ1n) is 9.36. The van der Waals surface area contributed by atoms with Gasteiger partial charge in [-0.1, -0.05) is 36.4 Å².